The maximum Gasteiger partial charge on any atom is 0.148 e. The highest BCUT2D eigenvalue weighted by atomic mass is 16.5. The van der Waals surface area contributed by atoms with Crippen LogP contribution in [0.15, 0.2) is 53.2 Å². The quantitative estimate of drug-likeness (QED) is 0.196. The Balaban J connectivity index is 0.00000106. The Hall–Kier alpha value is -4.23. The molecule has 0 spiro atoms. The third-order valence-electron chi connectivity index (χ3n) is 6.71. The summed E-state index contributed by atoms with van der Waals surface area (Å²) in [5.74, 6) is 6.37. The van der Waals surface area contributed by atoms with Crippen LogP contribution in [0.1, 0.15) is 77.2 Å². The van der Waals surface area contributed by atoms with Crippen LogP contribution < -0.4 is 15.9 Å². The fourth-order valence-corrected chi connectivity index (χ4v) is 4.82. The smallest absolute Gasteiger partial charge is 0.148 e. The van der Waals surface area contributed by atoms with E-state index in [4.69, 9.17) is 15.6 Å². The number of piperidine rings is 1. The number of nitrogens with zero attached hydrogens (tertiary/aromatic N) is 7. The first-order chi connectivity index (χ1) is 19.5. The molecule has 5 heterocycles. The van der Waals surface area contributed by atoms with E-state index in [1.165, 1.54) is 6.20 Å². The molecule has 40 heavy (non-hydrogen) atoms. The first kappa shape index (κ1) is 30.3. The zero-order valence-electron chi connectivity index (χ0n) is 24.6. The first-order valence-corrected chi connectivity index (χ1v) is 14.0. The van der Waals surface area contributed by atoms with E-state index in [0.717, 1.165) is 48.1 Å². The van der Waals surface area contributed by atoms with Crippen molar-refractivity contribution in [3.8, 4) is 11.8 Å². The Labute approximate surface area is 236 Å². The van der Waals surface area contributed by atoms with E-state index in [9.17, 15) is 5.26 Å². The van der Waals surface area contributed by atoms with Gasteiger partial charge in [0.2, 0.25) is 0 Å². The molecule has 212 valence electrons. The number of aliphatic imine (C=N–C) groups is 1. The van der Waals surface area contributed by atoms with Gasteiger partial charge < -0.3 is 20.5 Å². The minimum atomic E-state index is -0.341. The van der Waals surface area contributed by atoms with Gasteiger partial charge in [-0.3, -0.25) is 9.98 Å². The van der Waals surface area contributed by atoms with Crippen LogP contribution in [0, 0.1) is 11.3 Å². The van der Waals surface area contributed by atoms with Gasteiger partial charge in [-0.2, -0.15) is 15.5 Å². The number of ether oxygens (including phenoxy) is 1. The van der Waals surface area contributed by atoms with Crippen LogP contribution in [0.5, 0.6) is 5.75 Å². The van der Waals surface area contributed by atoms with Crippen molar-refractivity contribution in [3.63, 3.8) is 0 Å². The minimum Gasteiger partial charge on any atom is -0.484 e. The molecular formula is C30H41N9O. The van der Waals surface area contributed by atoms with E-state index in [1.54, 1.807) is 10.7 Å². The van der Waals surface area contributed by atoms with Crippen molar-refractivity contribution in [1.29, 1.82) is 5.26 Å². The third-order valence-corrected chi connectivity index (χ3v) is 6.71. The van der Waals surface area contributed by atoms with Gasteiger partial charge in [-0.15, -0.1) is 0 Å². The van der Waals surface area contributed by atoms with E-state index < -0.39 is 0 Å². The standard InChI is InChI=1S/C26H29N9O.2C2H6/c1-16(32-20-4-7-29-8-5-20)25(33-28)18-10-24(26-19(11-27)12-31-35(26)15-18)36-17(2)22-13-30-14-23-21(22)6-9-34(23)3;2*1-2/h6,9-10,12-15,17,20,29H,4-5,7-8,28H2,1-3H3;2*1-2H3/b32-16?,33-25+;;. The largest absolute Gasteiger partial charge is 0.484 e. The molecule has 1 atom stereocenters. The lowest BCUT2D eigenvalue weighted by atomic mass is 10.0. The summed E-state index contributed by atoms with van der Waals surface area (Å²) in [4.78, 5) is 9.30. The molecule has 1 aliphatic rings. The number of nitriles is 1. The summed E-state index contributed by atoms with van der Waals surface area (Å²) in [5.41, 5.74) is 5.02. The number of nitrogens with one attached hydrogen (secondary N) is 1. The number of hydrazone groups is 1. The van der Waals surface area contributed by atoms with Gasteiger partial charge in [-0.05, 0) is 51.9 Å². The second kappa shape index (κ2) is 14.2. The van der Waals surface area contributed by atoms with Gasteiger partial charge >= 0.3 is 0 Å². The molecule has 4 aromatic rings. The predicted octanol–water partition coefficient (Wildman–Crippen LogP) is 5.16. The summed E-state index contributed by atoms with van der Waals surface area (Å²) in [6.07, 6.45) is 10.6. The van der Waals surface area contributed by atoms with Crippen LogP contribution in [0.3, 0.4) is 0 Å². The highest BCUT2D eigenvalue weighted by Crippen LogP contribution is 2.32. The Kier molecular flexibility index (Phi) is 10.8. The maximum atomic E-state index is 9.70. The molecule has 4 aromatic heterocycles. The van der Waals surface area contributed by atoms with E-state index in [0.29, 0.717) is 28.1 Å². The Bertz CT molecular complexity index is 1520. The van der Waals surface area contributed by atoms with Gasteiger partial charge in [0.15, 0.2) is 0 Å². The lowest BCUT2D eigenvalue weighted by Crippen LogP contribution is -2.31. The summed E-state index contributed by atoms with van der Waals surface area (Å²) in [7, 11) is 1.99. The normalized spacial score (nSPS) is 15.1. The zero-order valence-corrected chi connectivity index (χ0v) is 24.6. The molecule has 0 aromatic carbocycles. The molecule has 3 N–H and O–H groups in total. The molecule has 5 rings (SSSR count). The molecule has 1 aliphatic heterocycles. The number of fused-ring (bicyclic) bond motifs is 2. The average molecular weight is 544 g/mol. The van der Waals surface area contributed by atoms with Crippen molar-refractivity contribution in [2.75, 3.05) is 13.1 Å². The minimum absolute atomic E-state index is 0.233. The van der Waals surface area contributed by atoms with Gasteiger partial charge in [0.25, 0.3) is 0 Å². The highest BCUT2D eigenvalue weighted by Gasteiger charge is 2.21. The van der Waals surface area contributed by atoms with Crippen LogP contribution in [-0.4, -0.2) is 49.7 Å². The van der Waals surface area contributed by atoms with Crippen LogP contribution in [0.4, 0.5) is 0 Å². The van der Waals surface area contributed by atoms with Crippen molar-refractivity contribution in [2.24, 2.45) is 23.0 Å². The predicted molar refractivity (Wildman–Crippen MR) is 162 cm³/mol. The van der Waals surface area contributed by atoms with Gasteiger partial charge in [0.1, 0.15) is 34.7 Å². The van der Waals surface area contributed by atoms with E-state index in [1.807, 2.05) is 77.8 Å². The monoisotopic (exact) mass is 543 g/mol. The molecular weight excluding hydrogens is 502 g/mol. The Morgan fingerprint density at radius 1 is 1.20 bits per heavy atom. The zero-order chi connectivity index (χ0) is 29.2. The van der Waals surface area contributed by atoms with Crippen LogP contribution in [-0.2, 0) is 7.05 Å². The topological polar surface area (TPSA) is 131 Å². The van der Waals surface area contributed by atoms with Crippen molar-refractivity contribution in [3.05, 3.63) is 59.8 Å². The molecule has 0 radical (unpaired) electrons. The molecule has 0 bridgehead atoms. The lowest BCUT2D eigenvalue weighted by Gasteiger charge is -2.20. The summed E-state index contributed by atoms with van der Waals surface area (Å²) in [6.45, 7) is 13.8. The van der Waals surface area contributed by atoms with Gasteiger partial charge in [-0.25, -0.2) is 4.52 Å². The summed E-state index contributed by atoms with van der Waals surface area (Å²) >= 11 is 0. The number of rotatable bonds is 6. The second-order valence-electron chi connectivity index (χ2n) is 9.08. The molecule has 0 aliphatic carbocycles. The van der Waals surface area contributed by atoms with Gasteiger partial charge in [-0.1, -0.05) is 27.7 Å². The maximum absolute atomic E-state index is 9.70. The van der Waals surface area contributed by atoms with Gasteiger partial charge in [0, 0.05) is 42.2 Å². The van der Waals surface area contributed by atoms with Crippen molar-refractivity contribution in [2.45, 2.75) is 66.5 Å². The Morgan fingerprint density at radius 3 is 2.60 bits per heavy atom. The van der Waals surface area contributed by atoms with Crippen molar-refractivity contribution >= 4 is 27.8 Å². The van der Waals surface area contributed by atoms with E-state index >= 15 is 0 Å². The van der Waals surface area contributed by atoms with Crippen LogP contribution >= 0.6 is 0 Å². The first-order valence-electron chi connectivity index (χ1n) is 14.0. The van der Waals surface area contributed by atoms with Crippen LogP contribution in [0.2, 0.25) is 0 Å². The number of aromatic nitrogens is 4. The van der Waals surface area contributed by atoms with E-state index in [2.05, 4.69) is 32.6 Å². The SMILES string of the molecule is CC.CC.CC(=NC1CCNCC1)/C(=N\N)c1cc(OC(C)c2cncc3c2ccn3C)c2c(C#N)cnn2c1. The van der Waals surface area contributed by atoms with Crippen molar-refractivity contribution in [1.82, 2.24) is 24.5 Å². The van der Waals surface area contributed by atoms with E-state index in [-0.39, 0.29) is 12.1 Å². The molecule has 0 amide bonds. The Morgan fingerprint density at radius 2 is 1.93 bits per heavy atom. The van der Waals surface area contributed by atoms with Crippen molar-refractivity contribution < 1.29 is 4.74 Å². The number of aryl methyl sites for hydroxylation is 1. The summed E-state index contributed by atoms with van der Waals surface area (Å²) < 4.78 is 10.2. The van der Waals surface area contributed by atoms with Gasteiger partial charge in [0.05, 0.1) is 29.7 Å². The highest BCUT2D eigenvalue weighted by molar-refractivity contribution is 6.47. The number of hydrogen-bond donors (Lipinski definition) is 2. The number of nitrogens with two attached hydrogens (primary N) is 1. The molecule has 10 nitrogen and oxygen atoms in total. The summed E-state index contributed by atoms with van der Waals surface area (Å²) in [6, 6.07) is 6.36. The molecule has 1 saturated heterocycles. The summed E-state index contributed by atoms with van der Waals surface area (Å²) in [5, 5.41) is 22.6. The fourth-order valence-electron chi connectivity index (χ4n) is 4.82. The molecule has 1 fully saturated rings. The molecule has 1 unspecified atom stereocenters. The number of hydrogen-bond acceptors (Lipinski definition) is 8. The average Bonchev–Trinajstić information content (AvgIpc) is 3.59. The van der Waals surface area contributed by atoms with Crippen LogP contribution in [0.25, 0.3) is 16.4 Å². The lowest BCUT2D eigenvalue weighted by molar-refractivity contribution is 0.230. The molecule has 10 heteroatoms. The third kappa shape index (κ3) is 6.32. The molecule has 0 saturated carbocycles. The second-order valence-corrected chi connectivity index (χ2v) is 9.08. The number of pyridine rings is 2. The fraction of sp³-hybridized carbons (Fsp3) is 0.433.